The molecular weight excluding hydrogens is 489 g/mol. The number of carbonyl (C=O) groups is 4. The maximum Gasteiger partial charge on any atom is 0.244 e. The lowest BCUT2D eigenvalue weighted by molar-refractivity contribution is -0.135. The molecule has 2 aliphatic heterocycles. The van der Waals surface area contributed by atoms with Crippen molar-refractivity contribution in [2.24, 2.45) is 0 Å². The van der Waals surface area contributed by atoms with Gasteiger partial charge in [-0.05, 0) is 0 Å². The van der Waals surface area contributed by atoms with Crippen LogP contribution < -0.4 is 21.3 Å². The zero-order valence-electron chi connectivity index (χ0n) is 19.4. The molecule has 0 aromatic heterocycles. The number of hydrogen-bond donors (Lipinski definition) is 4. The van der Waals surface area contributed by atoms with Crippen LogP contribution in [-0.2, 0) is 19.2 Å². The van der Waals surface area contributed by atoms with Gasteiger partial charge in [-0.2, -0.15) is 23.5 Å². The minimum absolute atomic E-state index is 0.0145. The number of thioether (sulfide) groups is 2. The van der Waals surface area contributed by atoms with Crippen LogP contribution in [0.2, 0.25) is 0 Å². The van der Waals surface area contributed by atoms with E-state index in [0.717, 1.165) is 0 Å². The molecule has 0 aromatic rings. The molecule has 2 rings (SSSR count). The number of nitrogens with one attached hydrogen (secondary N) is 4. The Bertz CT molecular complexity index is 663. The van der Waals surface area contributed by atoms with Crippen LogP contribution in [0.5, 0.6) is 0 Å². The summed E-state index contributed by atoms with van der Waals surface area (Å²) >= 11 is 3.26. The minimum atomic E-state index is -0.607. The Hall–Kier alpha value is -0.720. The molecule has 4 N–H and O–H groups in total. The Labute approximate surface area is 206 Å². The first-order valence-electron chi connectivity index (χ1n) is 10.5. The van der Waals surface area contributed by atoms with Crippen molar-refractivity contribution in [2.45, 2.75) is 75.2 Å². The van der Waals surface area contributed by atoms with E-state index in [0.29, 0.717) is 23.0 Å². The van der Waals surface area contributed by atoms with Crippen molar-refractivity contribution >= 4 is 68.7 Å². The quantitative estimate of drug-likeness (QED) is 0.265. The lowest BCUT2D eigenvalue weighted by atomic mass is 10.2. The average molecular weight is 523 g/mol. The Kier molecular flexibility index (Phi) is 9.99. The van der Waals surface area contributed by atoms with Crippen LogP contribution in [0.3, 0.4) is 0 Å². The Morgan fingerprint density at radius 3 is 1.03 bits per heavy atom. The summed E-state index contributed by atoms with van der Waals surface area (Å²) in [5.41, 5.74) is 0. The van der Waals surface area contributed by atoms with Crippen molar-refractivity contribution in [3.05, 3.63) is 0 Å². The summed E-state index contributed by atoms with van der Waals surface area (Å²) in [5, 5.41) is 11.2. The molecule has 0 aliphatic carbocycles. The lowest BCUT2D eigenvalue weighted by Crippen LogP contribution is -2.63. The van der Waals surface area contributed by atoms with Gasteiger partial charge in [0.25, 0.3) is 0 Å². The van der Waals surface area contributed by atoms with Gasteiger partial charge >= 0.3 is 0 Å². The topological polar surface area (TPSA) is 116 Å². The van der Waals surface area contributed by atoms with Crippen molar-refractivity contribution in [3.8, 4) is 0 Å². The number of amides is 4. The Morgan fingerprint density at radius 2 is 0.781 bits per heavy atom. The molecule has 0 spiro atoms. The molecule has 2 saturated heterocycles. The van der Waals surface area contributed by atoms with E-state index >= 15 is 0 Å². The molecule has 2 fully saturated rings. The standard InChI is InChI=1S/C20H34N4O4S4/c1-19(2,3)29-7-11-15(25)23-13(17(27)21-11)9-31-32-10-14-18(28)22-12(16(26)24-14)8-30-20(4,5)6/h11-14H,7-10H2,1-6H3,(H,21,27)(H,22,28)(H,23,25)(H,24,26)/t11-,12?,13+,14+/m1/s1. The summed E-state index contributed by atoms with van der Waals surface area (Å²) in [5.74, 6) is 1.09. The fraction of sp³-hybridized carbons (Fsp3) is 0.800. The Morgan fingerprint density at radius 1 is 0.531 bits per heavy atom. The van der Waals surface area contributed by atoms with Crippen molar-refractivity contribution in [1.82, 2.24) is 21.3 Å². The van der Waals surface area contributed by atoms with Gasteiger partial charge in [-0.3, -0.25) is 19.2 Å². The van der Waals surface area contributed by atoms with Crippen LogP contribution in [0.4, 0.5) is 0 Å². The molecule has 2 aliphatic rings. The highest BCUT2D eigenvalue weighted by molar-refractivity contribution is 8.76. The van der Waals surface area contributed by atoms with E-state index in [1.54, 1.807) is 23.5 Å². The third-order valence-corrected chi connectivity index (χ3v) is 9.60. The van der Waals surface area contributed by atoms with Crippen LogP contribution in [0, 0.1) is 0 Å². The lowest BCUT2D eigenvalue weighted by Gasteiger charge is -2.31. The summed E-state index contributed by atoms with van der Waals surface area (Å²) in [7, 11) is 2.79. The zero-order valence-corrected chi connectivity index (χ0v) is 22.7. The molecule has 4 atom stereocenters. The number of piperazine rings is 2. The Balaban J connectivity index is 1.70. The second-order valence-corrected chi connectivity index (χ2v) is 15.9. The first kappa shape index (κ1) is 27.5. The fourth-order valence-electron chi connectivity index (χ4n) is 2.72. The third kappa shape index (κ3) is 9.26. The van der Waals surface area contributed by atoms with E-state index < -0.39 is 24.2 Å². The van der Waals surface area contributed by atoms with Gasteiger partial charge in [0, 0.05) is 32.5 Å². The molecule has 0 radical (unpaired) electrons. The molecule has 32 heavy (non-hydrogen) atoms. The van der Waals surface area contributed by atoms with Crippen LogP contribution >= 0.6 is 45.1 Å². The van der Waals surface area contributed by atoms with Gasteiger partial charge in [0.1, 0.15) is 24.2 Å². The SMILES string of the molecule is CC(C)(C)SCC1NC(=O)[C@H](CSSC[C@@H]2NC(=O)[C@@H](CSC(C)(C)C)NC2=O)NC1=O. The van der Waals surface area contributed by atoms with Gasteiger partial charge in [-0.25, -0.2) is 0 Å². The van der Waals surface area contributed by atoms with Gasteiger partial charge in [-0.15, -0.1) is 0 Å². The molecule has 4 amide bonds. The molecular formula is C20H34N4O4S4. The van der Waals surface area contributed by atoms with E-state index in [-0.39, 0.29) is 33.1 Å². The van der Waals surface area contributed by atoms with Gasteiger partial charge < -0.3 is 21.3 Å². The van der Waals surface area contributed by atoms with Crippen molar-refractivity contribution in [1.29, 1.82) is 0 Å². The molecule has 182 valence electrons. The second kappa shape index (κ2) is 11.6. The normalized spacial score (nSPS) is 26.8. The molecule has 0 aromatic carbocycles. The molecule has 1 unspecified atom stereocenters. The predicted octanol–water partition coefficient (Wildman–Crippen LogP) is 1.40. The van der Waals surface area contributed by atoms with Gasteiger partial charge in [0.2, 0.25) is 23.6 Å². The van der Waals surface area contributed by atoms with E-state index in [1.165, 1.54) is 21.6 Å². The van der Waals surface area contributed by atoms with Crippen molar-refractivity contribution in [2.75, 3.05) is 23.0 Å². The van der Waals surface area contributed by atoms with Crippen molar-refractivity contribution in [3.63, 3.8) is 0 Å². The van der Waals surface area contributed by atoms with Crippen LogP contribution in [0.15, 0.2) is 0 Å². The zero-order chi connectivity index (χ0) is 24.1. The molecule has 0 saturated carbocycles. The minimum Gasteiger partial charge on any atom is -0.342 e. The first-order chi connectivity index (χ1) is 14.7. The van der Waals surface area contributed by atoms with Crippen molar-refractivity contribution < 1.29 is 19.2 Å². The highest BCUT2D eigenvalue weighted by atomic mass is 33.1. The highest BCUT2D eigenvalue weighted by Crippen LogP contribution is 2.27. The maximum absolute atomic E-state index is 12.4. The van der Waals surface area contributed by atoms with E-state index in [9.17, 15) is 19.2 Å². The molecule has 12 heteroatoms. The van der Waals surface area contributed by atoms with E-state index in [4.69, 9.17) is 0 Å². The summed E-state index contributed by atoms with van der Waals surface area (Å²) in [6, 6.07) is -2.26. The van der Waals surface area contributed by atoms with Gasteiger partial charge in [0.15, 0.2) is 0 Å². The predicted molar refractivity (Wildman–Crippen MR) is 137 cm³/mol. The average Bonchev–Trinajstić information content (AvgIpc) is 2.66. The van der Waals surface area contributed by atoms with Crippen LogP contribution in [0.1, 0.15) is 41.5 Å². The highest BCUT2D eigenvalue weighted by Gasteiger charge is 2.36. The van der Waals surface area contributed by atoms with E-state index in [1.807, 2.05) is 0 Å². The molecule has 2 heterocycles. The monoisotopic (exact) mass is 522 g/mol. The third-order valence-electron chi connectivity index (χ3n) is 4.45. The van der Waals surface area contributed by atoms with Gasteiger partial charge in [-0.1, -0.05) is 63.1 Å². The summed E-state index contributed by atoms with van der Waals surface area (Å²) in [4.78, 5) is 49.3. The van der Waals surface area contributed by atoms with Crippen LogP contribution in [-0.4, -0.2) is 80.3 Å². The first-order valence-corrected chi connectivity index (χ1v) is 14.9. The van der Waals surface area contributed by atoms with E-state index in [2.05, 4.69) is 62.8 Å². The summed E-state index contributed by atoms with van der Waals surface area (Å²) in [6.07, 6.45) is 0. The second-order valence-electron chi connectivity index (χ2n) is 9.66. The fourth-order valence-corrected chi connectivity index (χ4v) is 6.85. The maximum atomic E-state index is 12.4. The number of hydrogen-bond acceptors (Lipinski definition) is 8. The van der Waals surface area contributed by atoms with Crippen LogP contribution in [0.25, 0.3) is 0 Å². The summed E-state index contributed by atoms with van der Waals surface area (Å²) in [6.45, 7) is 12.4. The smallest absolute Gasteiger partial charge is 0.244 e. The largest absolute Gasteiger partial charge is 0.342 e. The number of carbonyl (C=O) groups excluding carboxylic acids is 4. The summed E-state index contributed by atoms with van der Waals surface area (Å²) < 4.78 is 0.0290. The van der Waals surface area contributed by atoms with Gasteiger partial charge in [0.05, 0.1) is 0 Å². The number of rotatable bonds is 9. The molecule has 0 bridgehead atoms. The molecule has 8 nitrogen and oxygen atoms in total.